The van der Waals surface area contributed by atoms with Crippen LogP contribution in [0.25, 0.3) is 0 Å². The van der Waals surface area contributed by atoms with Crippen LogP contribution >= 0.6 is 0 Å². The third-order valence-electron chi connectivity index (χ3n) is 2.24. The van der Waals surface area contributed by atoms with Gasteiger partial charge in [0.15, 0.2) is 0 Å². The van der Waals surface area contributed by atoms with Crippen LogP contribution in [0.5, 0.6) is 5.75 Å². The molecule has 18 heavy (non-hydrogen) atoms. The molecule has 0 aliphatic heterocycles. The fourth-order valence-corrected chi connectivity index (χ4v) is 1.38. The molecule has 0 amide bonds. The minimum atomic E-state index is -4.77. The van der Waals surface area contributed by atoms with E-state index in [0.717, 1.165) is 12.1 Å². The molecule has 0 aliphatic carbocycles. The first kappa shape index (κ1) is 14.7. The lowest BCUT2D eigenvalue weighted by Crippen LogP contribution is -2.20. The van der Waals surface area contributed by atoms with Crippen molar-refractivity contribution in [3.8, 4) is 5.75 Å². The van der Waals surface area contributed by atoms with Crippen molar-refractivity contribution in [2.75, 3.05) is 6.61 Å². The fraction of sp³-hybridized carbons (Fsp3) is 0.455. The number of aliphatic hydroxyl groups is 3. The second-order valence-electron chi connectivity index (χ2n) is 3.64. The highest BCUT2D eigenvalue weighted by molar-refractivity contribution is 5.29. The molecule has 0 spiro atoms. The maximum Gasteiger partial charge on any atom is 0.573 e. The van der Waals surface area contributed by atoms with E-state index in [9.17, 15) is 23.4 Å². The molecule has 0 saturated carbocycles. The number of alkyl halides is 3. The third-order valence-corrected chi connectivity index (χ3v) is 2.24. The van der Waals surface area contributed by atoms with Gasteiger partial charge in [0.1, 0.15) is 11.9 Å². The molecule has 1 aromatic carbocycles. The van der Waals surface area contributed by atoms with Crippen LogP contribution in [0.2, 0.25) is 0 Å². The lowest BCUT2D eigenvalue weighted by molar-refractivity contribution is -0.274. The Morgan fingerprint density at radius 2 is 1.67 bits per heavy atom. The standard InChI is InChI=1S/C11H13F3O4/c12-11(13,14)18-8-3-1-7(2-4-8)10(17)9(16)5-6-15/h1-4,9-10,15-17H,5-6H2. The largest absolute Gasteiger partial charge is 0.573 e. The van der Waals surface area contributed by atoms with Gasteiger partial charge in [-0.1, -0.05) is 12.1 Å². The topological polar surface area (TPSA) is 69.9 Å². The molecule has 4 nitrogen and oxygen atoms in total. The van der Waals surface area contributed by atoms with Gasteiger partial charge in [-0.05, 0) is 24.1 Å². The summed E-state index contributed by atoms with van der Waals surface area (Å²) in [5.74, 6) is -0.407. The van der Waals surface area contributed by atoms with Crippen LogP contribution in [0.3, 0.4) is 0 Å². The predicted octanol–water partition coefficient (Wildman–Crippen LogP) is 1.36. The highest BCUT2D eigenvalue weighted by Gasteiger charge is 2.31. The summed E-state index contributed by atoms with van der Waals surface area (Å²) in [7, 11) is 0. The minimum absolute atomic E-state index is 0.0258. The smallest absolute Gasteiger partial charge is 0.406 e. The monoisotopic (exact) mass is 266 g/mol. The summed E-state index contributed by atoms with van der Waals surface area (Å²) in [5.41, 5.74) is 0.241. The van der Waals surface area contributed by atoms with Gasteiger partial charge in [0.25, 0.3) is 0 Å². The van der Waals surface area contributed by atoms with Crippen LogP contribution in [0, 0.1) is 0 Å². The summed E-state index contributed by atoms with van der Waals surface area (Å²) in [5, 5.41) is 27.6. The van der Waals surface area contributed by atoms with Crippen LogP contribution in [0.4, 0.5) is 13.2 Å². The fourth-order valence-electron chi connectivity index (χ4n) is 1.38. The number of halogens is 3. The zero-order valence-electron chi connectivity index (χ0n) is 9.26. The molecular formula is C11H13F3O4. The summed E-state index contributed by atoms with van der Waals surface area (Å²) in [6.07, 6.45) is -7.24. The molecule has 2 unspecified atom stereocenters. The van der Waals surface area contributed by atoms with Crippen molar-refractivity contribution in [1.29, 1.82) is 0 Å². The van der Waals surface area contributed by atoms with E-state index in [1.165, 1.54) is 12.1 Å². The van der Waals surface area contributed by atoms with Crippen molar-refractivity contribution in [2.24, 2.45) is 0 Å². The van der Waals surface area contributed by atoms with Gasteiger partial charge in [0.2, 0.25) is 0 Å². The first-order valence-corrected chi connectivity index (χ1v) is 5.16. The number of benzene rings is 1. The molecule has 0 heterocycles. The van der Waals surface area contributed by atoms with E-state index in [-0.39, 0.29) is 18.6 Å². The molecule has 0 fully saturated rings. The Kier molecular flexibility index (Phi) is 4.94. The molecule has 0 saturated heterocycles. The lowest BCUT2D eigenvalue weighted by Gasteiger charge is -2.17. The Balaban J connectivity index is 2.70. The quantitative estimate of drug-likeness (QED) is 0.752. The van der Waals surface area contributed by atoms with Gasteiger partial charge < -0.3 is 20.1 Å². The predicted molar refractivity (Wildman–Crippen MR) is 55.8 cm³/mol. The Morgan fingerprint density at radius 3 is 2.11 bits per heavy atom. The molecule has 3 N–H and O–H groups in total. The van der Waals surface area contributed by atoms with Crippen molar-refractivity contribution in [3.63, 3.8) is 0 Å². The van der Waals surface area contributed by atoms with Crippen molar-refractivity contribution < 1.29 is 33.2 Å². The highest BCUT2D eigenvalue weighted by atomic mass is 19.4. The molecule has 1 rings (SSSR count). The summed E-state index contributed by atoms with van der Waals surface area (Å²) in [6.45, 7) is -0.298. The van der Waals surface area contributed by atoms with Crippen molar-refractivity contribution >= 4 is 0 Å². The van der Waals surface area contributed by atoms with Crippen LogP contribution in [-0.2, 0) is 0 Å². The van der Waals surface area contributed by atoms with E-state index in [1.54, 1.807) is 0 Å². The van der Waals surface area contributed by atoms with Gasteiger partial charge in [0, 0.05) is 6.61 Å². The third kappa shape index (κ3) is 4.52. The van der Waals surface area contributed by atoms with Crippen LogP contribution < -0.4 is 4.74 Å². The molecule has 2 atom stereocenters. The molecule has 102 valence electrons. The van der Waals surface area contributed by atoms with Gasteiger partial charge in [-0.25, -0.2) is 0 Å². The molecule has 0 aliphatic rings. The van der Waals surface area contributed by atoms with Gasteiger partial charge in [0.05, 0.1) is 6.10 Å². The number of ether oxygens (including phenoxy) is 1. The van der Waals surface area contributed by atoms with E-state index in [0.29, 0.717) is 0 Å². The van der Waals surface area contributed by atoms with Gasteiger partial charge >= 0.3 is 6.36 Å². The van der Waals surface area contributed by atoms with E-state index >= 15 is 0 Å². The van der Waals surface area contributed by atoms with Gasteiger partial charge in [-0.3, -0.25) is 0 Å². The zero-order valence-corrected chi connectivity index (χ0v) is 9.26. The van der Waals surface area contributed by atoms with Crippen molar-refractivity contribution in [1.82, 2.24) is 0 Å². The number of aliphatic hydroxyl groups excluding tert-OH is 3. The Labute approximate surface area is 101 Å². The molecule has 0 aromatic heterocycles. The minimum Gasteiger partial charge on any atom is -0.406 e. The molecule has 1 aromatic rings. The Hall–Kier alpha value is -1.31. The van der Waals surface area contributed by atoms with Crippen LogP contribution in [0.15, 0.2) is 24.3 Å². The maximum absolute atomic E-state index is 11.9. The molecule has 7 heteroatoms. The van der Waals surface area contributed by atoms with Gasteiger partial charge in [-0.2, -0.15) is 0 Å². The van der Waals surface area contributed by atoms with E-state index < -0.39 is 24.3 Å². The first-order chi connectivity index (χ1) is 8.33. The number of rotatable bonds is 5. The van der Waals surface area contributed by atoms with E-state index in [4.69, 9.17) is 5.11 Å². The molecule has 0 radical (unpaired) electrons. The Morgan fingerprint density at radius 1 is 1.11 bits per heavy atom. The normalized spacial score (nSPS) is 15.2. The average molecular weight is 266 g/mol. The highest BCUT2D eigenvalue weighted by Crippen LogP contribution is 2.25. The van der Waals surface area contributed by atoms with Crippen molar-refractivity contribution in [2.45, 2.75) is 25.0 Å². The second kappa shape index (κ2) is 6.03. The van der Waals surface area contributed by atoms with Crippen molar-refractivity contribution in [3.05, 3.63) is 29.8 Å². The zero-order chi connectivity index (χ0) is 13.8. The molecular weight excluding hydrogens is 253 g/mol. The SMILES string of the molecule is OCCC(O)C(O)c1ccc(OC(F)(F)F)cc1. The summed E-state index contributed by atoms with van der Waals surface area (Å²) in [4.78, 5) is 0. The molecule has 0 bridgehead atoms. The van der Waals surface area contributed by atoms with E-state index in [2.05, 4.69) is 4.74 Å². The number of hydrogen-bond donors (Lipinski definition) is 3. The number of hydrogen-bond acceptors (Lipinski definition) is 4. The Bertz CT molecular complexity index is 364. The second-order valence-corrected chi connectivity index (χ2v) is 3.64. The summed E-state index contributed by atoms with van der Waals surface area (Å²) < 4.78 is 39.3. The van der Waals surface area contributed by atoms with Crippen LogP contribution in [-0.4, -0.2) is 34.4 Å². The lowest BCUT2D eigenvalue weighted by atomic mass is 10.0. The van der Waals surface area contributed by atoms with Gasteiger partial charge in [-0.15, -0.1) is 13.2 Å². The van der Waals surface area contributed by atoms with E-state index in [1.807, 2.05) is 0 Å². The average Bonchev–Trinajstić information content (AvgIpc) is 2.27. The van der Waals surface area contributed by atoms with Crippen LogP contribution in [0.1, 0.15) is 18.1 Å². The summed E-state index contributed by atoms with van der Waals surface area (Å²) >= 11 is 0. The summed E-state index contributed by atoms with van der Waals surface area (Å²) in [6, 6.07) is 4.51. The first-order valence-electron chi connectivity index (χ1n) is 5.16. The maximum atomic E-state index is 11.9.